The van der Waals surface area contributed by atoms with Crippen molar-refractivity contribution in [3.63, 3.8) is 0 Å². The van der Waals surface area contributed by atoms with E-state index in [0.717, 1.165) is 24.2 Å². The highest BCUT2D eigenvalue weighted by Gasteiger charge is 2.23. The van der Waals surface area contributed by atoms with Crippen molar-refractivity contribution in [1.82, 2.24) is 24.6 Å². The summed E-state index contributed by atoms with van der Waals surface area (Å²) < 4.78 is 3.90. The quantitative estimate of drug-likeness (QED) is 0.753. The Morgan fingerprint density at radius 2 is 2.04 bits per heavy atom. The van der Waals surface area contributed by atoms with Crippen LogP contribution in [0.3, 0.4) is 0 Å². The predicted molar refractivity (Wildman–Crippen MR) is 102 cm³/mol. The average Bonchev–Trinajstić information content (AvgIpc) is 3.35. The number of para-hydroxylation sites is 1. The van der Waals surface area contributed by atoms with Gasteiger partial charge < -0.3 is 14.5 Å². The molecule has 1 N–H and O–H groups in total. The van der Waals surface area contributed by atoms with Gasteiger partial charge in [0, 0.05) is 23.7 Å². The van der Waals surface area contributed by atoms with Gasteiger partial charge in [-0.25, -0.2) is 0 Å². The molecular weight excluding hydrogens is 342 g/mol. The van der Waals surface area contributed by atoms with Gasteiger partial charge in [0.1, 0.15) is 12.9 Å². The summed E-state index contributed by atoms with van der Waals surface area (Å²) in [6.07, 6.45) is 8.15. The summed E-state index contributed by atoms with van der Waals surface area (Å²) in [5, 5.41) is 11.9. The zero-order chi connectivity index (χ0) is 18.8. The first-order valence-electron chi connectivity index (χ1n) is 9.40. The Bertz CT molecular complexity index is 1020. The number of benzene rings is 1. The predicted octanol–water partition coefficient (Wildman–Crippen LogP) is 2.59. The Morgan fingerprint density at radius 3 is 2.85 bits per heavy atom. The molecular formula is C20H23N5O2. The van der Waals surface area contributed by atoms with Crippen LogP contribution in [0, 0.1) is 0 Å². The van der Waals surface area contributed by atoms with Crippen LogP contribution in [0.2, 0.25) is 0 Å². The number of aromatic nitrogens is 4. The highest BCUT2D eigenvalue weighted by molar-refractivity contribution is 5.82. The Labute approximate surface area is 157 Å². The van der Waals surface area contributed by atoms with E-state index in [2.05, 4.69) is 20.1 Å². The number of nitrogens with zero attached hydrogens (tertiary/aromatic N) is 4. The molecule has 0 radical (unpaired) electrons. The van der Waals surface area contributed by atoms with Crippen molar-refractivity contribution in [3.05, 3.63) is 58.9 Å². The zero-order valence-electron chi connectivity index (χ0n) is 15.3. The van der Waals surface area contributed by atoms with Crippen LogP contribution in [-0.2, 0) is 11.3 Å². The number of rotatable bonds is 5. The summed E-state index contributed by atoms with van der Waals surface area (Å²) in [7, 11) is 0. The Hall–Kier alpha value is -2.96. The molecule has 0 saturated heterocycles. The first kappa shape index (κ1) is 17.5. The van der Waals surface area contributed by atoms with E-state index in [-0.39, 0.29) is 23.9 Å². The molecule has 0 bridgehead atoms. The summed E-state index contributed by atoms with van der Waals surface area (Å²) in [6.45, 7) is 2.07. The molecule has 4 rings (SSSR count). The van der Waals surface area contributed by atoms with E-state index in [4.69, 9.17) is 0 Å². The van der Waals surface area contributed by atoms with Crippen molar-refractivity contribution >= 4 is 16.8 Å². The lowest BCUT2D eigenvalue weighted by Gasteiger charge is -2.19. The van der Waals surface area contributed by atoms with E-state index in [0.29, 0.717) is 11.4 Å². The van der Waals surface area contributed by atoms with E-state index in [1.807, 2.05) is 25.1 Å². The minimum atomic E-state index is -0.230. The number of carbonyl (C=O) groups is 1. The molecule has 1 atom stereocenters. The van der Waals surface area contributed by atoms with Gasteiger partial charge in [-0.2, -0.15) is 0 Å². The third-order valence-electron chi connectivity index (χ3n) is 5.28. The largest absolute Gasteiger partial charge is 0.345 e. The molecule has 0 spiro atoms. The minimum Gasteiger partial charge on any atom is -0.345 e. The molecule has 2 aromatic heterocycles. The fourth-order valence-corrected chi connectivity index (χ4v) is 3.93. The number of pyridine rings is 1. The standard InChI is InChI=1S/C20H23N5O2/c1-14(20-23-21-13-25(20)15-6-2-3-7-15)22-19(27)12-24-11-10-18(26)16-8-4-5-9-17(16)24/h4-5,8-11,13-15H,2-3,6-7,12H2,1H3,(H,22,27)/t14-/m0/s1. The Kier molecular flexibility index (Phi) is 4.75. The molecule has 1 aliphatic rings. The smallest absolute Gasteiger partial charge is 0.240 e. The van der Waals surface area contributed by atoms with Gasteiger partial charge in [0.05, 0.1) is 11.6 Å². The van der Waals surface area contributed by atoms with Gasteiger partial charge in [-0.3, -0.25) is 9.59 Å². The van der Waals surface area contributed by atoms with E-state index in [1.54, 1.807) is 23.2 Å². The maximum atomic E-state index is 12.6. The second-order valence-corrected chi connectivity index (χ2v) is 7.15. The van der Waals surface area contributed by atoms with Gasteiger partial charge in [0.15, 0.2) is 11.3 Å². The molecule has 0 unspecified atom stereocenters. The molecule has 3 aromatic rings. The van der Waals surface area contributed by atoms with Crippen molar-refractivity contribution < 1.29 is 4.79 Å². The molecule has 0 aliphatic heterocycles. The van der Waals surface area contributed by atoms with Crippen molar-refractivity contribution in [2.45, 2.75) is 51.2 Å². The lowest BCUT2D eigenvalue weighted by molar-refractivity contribution is -0.122. The number of fused-ring (bicyclic) bond motifs is 1. The van der Waals surface area contributed by atoms with Crippen LogP contribution in [0.15, 0.2) is 47.7 Å². The van der Waals surface area contributed by atoms with E-state index < -0.39 is 0 Å². The average molecular weight is 365 g/mol. The van der Waals surface area contributed by atoms with Gasteiger partial charge in [0.2, 0.25) is 5.91 Å². The highest BCUT2D eigenvalue weighted by Crippen LogP contribution is 2.31. The zero-order valence-corrected chi connectivity index (χ0v) is 15.3. The summed E-state index contributed by atoms with van der Waals surface area (Å²) in [4.78, 5) is 24.6. The summed E-state index contributed by atoms with van der Waals surface area (Å²) in [5.41, 5.74) is 0.710. The van der Waals surface area contributed by atoms with Crippen LogP contribution in [0.1, 0.15) is 50.5 Å². The number of carbonyl (C=O) groups excluding carboxylic acids is 1. The molecule has 1 fully saturated rings. The SMILES string of the molecule is C[C@H](NC(=O)Cn1ccc(=O)c2ccccc21)c1nncn1C1CCCC1. The van der Waals surface area contributed by atoms with Crippen LogP contribution in [-0.4, -0.2) is 25.2 Å². The lowest BCUT2D eigenvalue weighted by atomic mass is 10.2. The molecule has 2 heterocycles. The van der Waals surface area contributed by atoms with Gasteiger partial charge in [-0.15, -0.1) is 10.2 Å². The minimum absolute atomic E-state index is 0.0414. The maximum Gasteiger partial charge on any atom is 0.240 e. The summed E-state index contributed by atoms with van der Waals surface area (Å²) in [6, 6.07) is 9.01. The molecule has 7 heteroatoms. The third-order valence-corrected chi connectivity index (χ3v) is 5.28. The number of nitrogens with one attached hydrogen (secondary N) is 1. The van der Waals surface area contributed by atoms with Gasteiger partial charge in [-0.1, -0.05) is 25.0 Å². The fraction of sp³-hybridized carbons (Fsp3) is 0.400. The van der Waals surface area contributed by atoms with Crippen molar-refractivity contribution in [2.75, 3.05) is 0 Å². The normalized spacial score (nSPS) is 15.9. The molecule has 1 aliphatic carbocycles. The van der Waals surface area contributed by atoms with Gasteiger partial charge in [0.25, 0.3) is 0 Å². The molecule has 1 amide bonds. The van der Waals surface area contributed by atoms with E-state index in [1.165, 1.54) is 18.9 Å². The molecule has 27 heavy (non-hydrogen) atoms. The first-order valence-corrected chi connectivity index (χ1v) is 9.40. The third kappa shape index (κ3) is 3.49. The molecule has 7 nitrogen and oxygen atoms in total. The van der Waals surface area contributed by atoms with Crippen molar-refractivity contribution in [2.24, 2.45) is 0 Å². The van der Waals surface area contributed by atoms with E-state index in [9.17, 15) is 9.59 Å². The van der Waals surface area contributed by atoms with Crippen molar-refractivity contribution in [1.29, 1.82) is 0 Å². The molecule has 1 saturated carbocycles. The van der Waals surface area contributed by atoms with Crippen LogP contribution >= 0.6 is 0 Å². The van der Waals surface area contributed by atoms with Gasteiger partial charge >= 0.3 is 0 Å². The number of hydrogen-bond donors (Lipinski definition) is 1. The summed E-state index contributed by atoms with van der Waals surface area (Å²) in [5.74, 6) is 0.664. The maximum absolute atomic E-state index is 12.6. The number of hydrogen-bond acceptors (Lipinski definition) is 4. The second-order valence-electron chi connectivity index (χ2n) is 7.15. The second kappa shape index (κ2) is 7.34. The number of amides is 1. The Morgan fingerprint density at radius 1 is 1.26 bits per heavy atom. The fourth-order valence-electron chi connectivity index (χ4n) is 3.93. The van der Waals surface area contributed by atoms with Crippen molar-refractivity contribution in [3.8, 4) is 0 Å². The van der Waals surface area contributed by atoms with Crippen LogP contribution in [0.4, 0.5) is 0 Å². The van der Waals surface area contributed by atoms with Gasteiger partial charge in [-0.05, 0) is 31.9 Å². The molecule has 1 aromatic carbocycles. The molecule has 140 valence electrons. The Balaban J connectivity index is 1.50. The highest BCUT2D eigenvalue weighted by atomic mass is 16.2. The van der Waals surface area contributed by atoms with Crippen LogP contribution in [0.5, 0.6) is 0 Å². The first-order chi connectivity index (χ1) is 13.1. The van der Waals surface area contributed by atoms with Crippen LogP contribution < -0.4 is 10.7 Å². The summed E-state index contributed by atoms with van der Waals surface area (Å²) >= 11 is 0. The lowest BCUT2D eigenvalue weighted by Crippen LogP contribution is -2.32. The monoisotopic (exact) mass is 365 g/mol. The topological polar surface area (TPSA) is 81.8 Å². The van der Waals surface area contributed by atoms with E-state index >= 15 is 0 Å². The van der Waals surface area contributed by atoms with Crippen LogP contribution in [0.25, 0.3) is 10.9 Å².